The van der Waals surface area contributed by atoms with Crippen molar-refractivity contribution in [3.63, 3.8) is 0 Å². The van der Waals surface area contributed by atoms with Crippen molar-refractivity contribution in [1.82, 2.24) is 5.43 Å². The smallest absolute Gasteiger partial charge is 0.272 e. The van der Waals surface area contributed by atoms with Crippen molar-refractivity contribution in [3.8, 4) is 11.5 Å². The van der Waals surface area contributed by atoms with Gasteiger partial charge in [-0.2, -0.15) is 5.10 Å². The molecule has 166 valence electrons. The Morgan fingerprint density at radius 1 is 1.26 bits per heavy atom. The summed E-state index contributed by atoms with van der Waals surface area (Å²) in [6.07, 6.45) is 6.05. The first-order chi connectivity index (χ1) is 15.2. The molecule has 7 nitrogen and oxygen atoms in total. The van der Waals surface area contributed by atoms with Crippen molar-refractivity contribution in [2.24, 2.45) is 5.10 Å². The maximum absolute atomic E-state index is 12.5. The summed E-state index contributed by atoms with van der Waals surface area (Å²) in [6.45, 7) is 5.25. The van der Waals surface area contributed by atoms with E-state index in [2.05, 4.69) is 10.5 Å². The van der Waals surface area contributed by atoms with E-state index in [0.717, 1.165) is 63.2 Å². The molecule has 0 saturated carbocycles. The standard InChI is InChI=1S/C23H29N3O4S/c1-28-21-14-17(6-7-20(21)30-13-10-26-8-11-29-12-9-26)15-24-25-23(27)19-16-31-22-5-3-2-4-18(19)22/h6-7,14-16H,2-5,8-13H2,1H3,(H,25,27)/p+1. The number of nitrogens with zero attached hydrogens (tertiary/aromatic N) is 1. The van der Waals surface area contributed by atoms with Gasteiger partial charge in [0, 0.05) is 10.3 Å². The van der Waals surface area contributed by atoms with Gasteiger partial charge in [0.15, 0.2) is 11.5 Å². The number of hydrogen-bond acceptors (Lipinski definition) is 6. The van der Waals surface area contributed by atoms with Gasteiger partial charge in [0.1, 0.15) is 26.2 Å². The number of thiophene rings is 1. The number of rotatable bonds is 8. The van der Waals surface area contributed by atoms with Crippen molar-refractivity contribution in [1.29, 1.82) is 0 Å². The third-order valence-corrected chi connectivity index (χ3v) is 6.88. The number of methoxy groups -OCH3 is 1. The molecule has 1 fully saturated rings. The summed E-state index contributed by atoms with van der Waals surface area (Å²) in [4.78, 5) is 15.4. The molecule has 0 unspecified atom stereocenters. The Balaban J connectivity index is 1.31. The fourth-order valence-corrected chi connectivity index (χ4v) is 5.13. The molecule has 1 aromatic carbocycles. The van der Waals surface area contributed by atoms with Gasteiger partial charge in [-0.3, -0.25) is 4.79 Å². The van der Waals surface area contributed by atoms with Crippen LogP contribution in [-0.2, 0) is 17.6 Å². The van der Waals surface area contributed by atoms with Crippen molar-refractivity contribution < 1.29 is 23.9 Å². The quantitative estimate of drug-likeness (QED) is 0.480. The second-order valence-corrected chi connectivity index (χ2v) is 8.79. The van der Waals surface area contributed by atoms with Gasteiger partial charge in [-0.1, -0.05) is 0 Å². The van der Waals surface area contributed by atoms with Crippen LogP contribution in [0.5, 0.6) is 11.5 Å². The lowest BCUT2D eigenvalue weighted by Gasteiger charge is -2.23. The van der Waals surface area contributed by atoms with E-state index in [0.29, 0.717) is 18.1 Å². The number of aryl methyl sites for hydroxylation is 1. The maximum Gasteiger partial charge on any atom is 0.272 e. The molecule has 0 spiro atoms. The fraction of sp³-hybridized carbons (Fsp3) is 0.478. The SMILES string of the molecule is COc1cc(C=NNC(=O)c2csc3c2CCCC3)ccc1OCC[NH+]1CCOCC1. The second kappa shape index (κ2) is 10.7. The van der Waals surface area contributed by atoms with Crippen LogP contribution in [0.25, 0.3) is 0 Å². The molecule has 2 aromatic rings. The van der Waals surface area contributed by atoms with E-state index in [9.17, 15) is 4.79 Å². The minimum Gasteiger partial charge on any atom is -0.493 e. The highest BCUT2D eigenvalue weighted by Gasteiger charge is 2.19. The molecule has 8 heteroatoms. The second-order valence-electron chi connectivity index (χ2n) is 7.83. The van der Waals surface area contributed by atoms with Gasteiger partial charge < -0.3 is 19.1 Å². The van der Waals surface area contributed by atoms with E-state index in [1.165, 1.54) is 21.8 Å². The first-order valence-corrected chi connectivity index (χ1v) is 11.8. The molecule has 1 saturated heterocycles. The van der Waals surface area contributed by atoms with Crippen LogP contribution in [0.2, 0.25) is 0 Å². The van der Waals surface area contributed by atoms with E-state index < -0.39 is 0 Å². The van der Waals surface area contributed by atoms with Crippen LogP contribution in [0, 0.1) is 0 Å². The summed E-state index contributed by atoms with van der Waals surface area (Å²) in [6, 6.07) is 5.65. The Morgan fingerprint density at radius 3 is 2.94 bits per heavy atom. The van der Waals surface area contributed by atoms with Crippen molar-refractivity contribution in [2.75, 3.05) is 46.6 Å². The molecular weight excluding hydrogens is 414 g/mol. The fourth-order valence-electron chi connectivity index (χ4n) is 4.01. The molecular formula is C23H30N3O4S+. The zero-order valence-electron chi connectivity index (χ0n) is 17.9. The van der Waals surface area contributed by atoms with E-state index in [-0.39, 0.29) is 5.91 Å². The number of nitrogens with one attached hydrogen (secondary N) is 2. The Labute approximate surface area is 187 Å². The number of morpholine rings is 1. The molecule has 4 rings (SSSR count). The minimum atomic E-state index is -0.145. The normalized spacial score (nSPS) is 16.8. The van der Waals surface area contributed by atoms with Crippen molar-refractivity contribution >= 4 is 23.5 Å². The molecule has 2 heterocycles. The number of fused-ring (bicyclic) bond motifs is 1. The number of quaternary nitrogens is 1. The zero-order valence-corrected chi connectivity index (χ0v) is 18.8. The Kier molecular flexibility index (Phi) is 7.56. The highest BCUT2D eigenvalue weighted by Crippen LogP contribution is 2.30. The van der Waals surface area contributed by atoms with Crippen LogP contribution in [0.15, 0.2) is 28.7 Å². The van der Waals surface area contributed by atoms with Gasteiger partial charge >= 0.3 is 0 Å². The van der Waals surface area contributed by atoms with Crippen LogP contribution in [-0.4, -0.2) is 58.7 Å². The molecule has 1 aliphatic carbocycles. The van der Waals surface area contributed by atoms with Gasteiger partial charge in [0.05, 0.1) is 32.1 Å². The third-order valence-electron chi connectivity index (χ3n) is 5.79. The molecule has 2 aliphatic rings. The summed E-state index contributed by atoms with van der Waals surface area (Å²) < 4.78 is 16.8. The molecule has 2 N–H and O–H groups in total. The van der Waals surface area contributed by atoms with Crippen LogP contribution in [0.4, 0.5) is 0 Å². The summed E-state index contributed by atoms with van der Waals surface area (Å²) in [5.41, 5.74) is 5.45. The lowest BCUT2D eigenvalue weighted by Crippen LogP contribution is -3.14. The number of hydrazone groups is 1. The van der Waals surface area contributed by atoms with Crippen molar-refractivity contribution in [3.05, 3.63) is 45.1 Å². The average Bonchev–Trinajstić information content (AvgIpc) is 3.25. The minimum absolute atomic E-state index is 0.145. The number of carbonyl (C=O) groups excluding carboxylic acids is 1. The zero-order chi connectivity index (χ0) is 21.5. The Morgan fingerprint density at radius 2 is 2.10 bits per heavy atom. The molecule has 1 aromatic heterocycles. The van der Waals surface area contributed by atoms with Crippen molar-refractivity contribution in [2.45, 2.75) is 25.7 Å². The topological polar surface area (TPSA) is 73.6 Å². The van der Waals surface area contributed by atoms with E-state index in [4.69, 9.17) is 14.2 Å². The first-order valence-electron chi connectivity index (χ1n) is 10.9. The van der Waals surface area contributed by atoms with E-state index in [1.54, 1.807) is 24.7 Å². The number of carbonyl (C=O) groups is 1. The lowest BCUT2D eigenvalue weighted by molar-refractivity contribution is -0.908. The largest absolute Gasteiger partial charge is 0.493 e. The molecule has 31 heavy (non-hydrogen) atoms. The molecule has 1 amide bonds. The first kappa shape index (κ1) is 21.8. The van der Waals surface area contributed by atoms with Gasteiger partial charge in [-0.05, 0) is 55.0 Å². The maximum atomic E-state index is 12.5. The highest BCUT2D eigenvalue weighted by atomic mass is 32.1. The number of benzene rings is 1. The molecule has 0 atom stereocenters. The van der Waals surface area contributed by atoms with E-state index >= 15 is 0 Å². The Bertz CT molecular complexity index is 922. The van der Waals surface area contributed by atoms with Gasteiger partial charge in [-0.15, -0.1) is 11.3 Å². The molecule has 0 radical (unpaired) electrons. The van der Waals surface area contributed by atoms with Gasteiger partial charge in [-0.25, -0.2) is 5.43 Å². The number of amides is 1. The summed E-state index contributed by atoms with van der Waals surface area (Å²) in [7, 11) is 1.62. The lowest BCUT2D eigenvalue weighted by atomic mass is 9.96. The average molecular weight is 445 g/mol. The molecule has 0 bridgehead atoms. The van der Waals surface area contributed by atoms with Gasteiger partial charge in [0.25, 0.3) is 5.91 Å². The summed E-state index contributed by atoms with van der Waals surface area (Å²) in [5, 5.41) is 6.10. The monoisotopic (exact) mass is 444 g/mol. The predicted octanol–water partition coefficient (Wildman–Crippen LogP) is 1.69. The van der Waals surface area contributed by atoms with Crippen LogP contribution in [0.3, 0.4) is 0 Å². The summed E-state index contributed by atoms with van der Waals surface area (Å²) >= 11 is 1.68. The number of hydrogen-bond donors (Lipinski definition) is 2. The van der Waals surface area contributed by atoms with E-state index in [1.807, 2.05) is 23.6 Å². The third kappa shape index (κ3) is 5.64. The Hall–Kier alpha value is -2.42. The number of ether oxygens (including phenoxy) is 3. The van der Waals surface area contributed by atoms with Crippen LogP contribution < -0.4 is 19.8 Å². The predicted molar refractivity (Wildman–Crippen MR) is 121 cm³/mol. The molecule has 1 aliphatic heterocycles. The summed E-state index contributed by atoms with van der Waals surface area (Å²) in [5.74, 6) is 1.22. The van der Waals surface area contributed by atoms with Crippen LogP contribution in [0.1, 0.15) is 39.2 Å². The van der Waals surface area contributed by atoms with Gasteiger partial charge in [0.2, 0.25) is 0 Å². The highest BCUT2D eigenvalue weighted by molar-refractivity contribution is 7.10. The van der Waals surface area contributed by atoms with Crippen LogP contribution >= 0.6 is 11.3 Å².